The van der Waals surface area contributed by atoms with E-state index in [0.29, 0.717) is 18.8 Å². The van der Waals surface area contributed by atoms with Gasteiger partial charge in [-0.1, -0.05) is 5.21 Å². The van der Waals surface area contributed by atoms with Crippen LogP contribution in [0.15, 0.2) is 6.20 Å². The lowest BCUT2D eigenvalue weighted by atomic mass is 9.75. The van der Waals surface area contributed by atoms with Gasteiger partial charge >= 0.3 is 0 Å². The van der Waals surface area contributed by atoms with Gasteiger partial charge < -0.3 is 16.0 Å². The molecule has 0 saturated heterocycles. The average molecular weight is 266 g/mol. The topological polar surface area (TPSA) is 89.1 Å². The second-order valence-electron chi connectivity index (χ2n) is 5.36. The van der Waals surface area contributed by atoms with Gasteiger partial charge in [-0.15, -0.1) is 5.10 Å². The van der Waals surface area contributed by atoms with Crippen LogP contribution in [0.2, 0.25) is 0 Å². The molecule has 1 fully saturated rings. The summed E-state index contributed by atoms with van der Waals surface area (Å²) in [4.78, 5) is 14.1. The normalized spacial score (nSPS) is 17.3. The first kappa shape index (κ1) is 14.0. The molecule has 0 radical (unpaired) electrons. The molecule has 3 N–H and O–H groups in total. The van der Waals surface area contributed by atoms with Crippen molar-refractivity contribution < 1.29 is 4.79 Å². The van der Waals surface area contributed by atoms with Crippen LogP contribution >= 0.6 is 0 Å². The number of carbonyl (C=O) groups is 1. The molecule has 1 aliphatic rings. The zero-order chi connectivity index (χ0) is 13.9. The number of amides is 1. The molecule has 1 saturated carbocycles. The molecule has 0 bridgehead atoms. The van der Waals surface area contributed by atoms with E-state index >= 15 is 0 Å². The van der Waals surface area contributed by atoms with Crippen LogP contribution in [-0.2, 0) is 17.9 Å². The second kappa shape index (κ2) is 5.66. The minimum atomic E-state index is -0.0402. The maximum atomic E-state index is 11.9. The molecule has 2 rings (SSSR count). The van der Waals surface area contributed by atoms with Crippen LogP contribution in [0.5, 0.6) is 0 Å². The molecule has 0 spiro atoms. The highest BCUT2D eigenvalue weighted by atomic mass is 16.2. The fourth-order valence-corrected chi connectivity index (χ4v) is 2.34. The molecular formula is C12H22N6O. The number of hydrogen-bond acceptors (Lipinski definition) is 5. The van der Waals surface area contributed by atoms with E-state index in [4.69, 9.17) is 5.73 Å². The Morgan fingerprint density at radius 3 is 2.79 bits per heavy atom. The Morgan fingerprint density at radius 1 is 1.58 bits per heavy atom. The van der Waals surface area contributed by atoms with Crippen LogP contribution in [0.4, 0.5) is 0 Å². The molecule has 1 aliphatic carbocycles. The van der Waals surface area contributed by atoms with E-state index in [2.05, 4.69) is 34.6 Å². The van der Waals surface area contributed by atoms with Gasteiger partial charge in [-0.2, -0.15) is 0 Å². The smallest absolute Gasteiger partial charge is 0.241 e. The molecule has 1 amide bonds. The number of nitrogens with zero attached hydrogens (tertiary/aromatic N) is 4. The molecular weight excluding hydrogens is 244 g/mol. The number of rotatable bonds is 6. The van der Waals surface area contributed by atoms with Crippen molar-refractivity contribution in [2.24, 2.45) is 5.73 Å². The van der Waals surface area contributed by atoms with Crippen molar-refractivity contribution in [2.75, 3.05) is 20.6 Å². The SMILES string of the molecule is CN(C)C1(CNC(=O)Cn2cc(CN)nn2)CCC1. The minimum absolute atomic E-state index is 0.0402. The van der Waals surface area contributed by atoms with Crippen LogP contribution in [0, 0.1) is 0 Å². The molecule has 0 aliphatic heterocycles. The zero-order valence-corrected chi connectivity index (χ0v) is 11.6. The van der Waals surface area contributed by atoms with Crippen LogP contribution in [0.3, 0.4) is 0 Å². The maximum absolute atomic E-state index is 11.9. The fourth-order valence-electron chi connectivity index (χ4n) is 2.34. The molecule has 1 heterocycles. The predicted octanol–water partition coefficient (Wildman–Crippen LogP) is -0.663. The molecule has 1 aromatic heterocycles. The third kappa shape index (κ3) is 3.10. The van der Waals surface area contributed by atoms with Crippen molar-refractivity contribution in [1.82, 2.24) is 25.2 Å². The summed E-state index contributed by atoms with van der Waals surface area (Å²) >= 11 is 0. The zero-order valence-electron chi connectivity index (χ0n) is 11.6. The van der Waals surface area contributed by atoms with E-state index in [1.54, 1.807) is 6.20 Å². The summed E-state index contributed by atoms with van der Waals surface area (Å²) in [7, 11) is 4.13. The highest BCUT2D eigenvalue weighted by Crippen LogP contribution is 2.35. The van der Waals surface area contributed by atoms with Crippen molar-refractivity contribution in [3.05, 3.63) is 11.9 Å². The Bertz CT molecular complexity index is 437. The van der Waals surface area contributed by atoms with Gasteiger partial charge in [0.05, 0.1) is 11.9 Å². The minimum Gasteiger partial charge on any atom is -0.353 e. The largest absolute Gasteiger partial charge is 0.353 e. The summed E-state index contributed by atoms with van der Waals surface area (Å²) in [6.07, 6.45) is 5.21. The molecule has 0 unspecified atom stereocenters. The van der Waals surface area contributed by atoms with Crippen molar-refractivity contribution in [2.45, 2.75) is 37.9 Å². The average Bonchev–Trinajstić information content (AvgIpc) is 2.74. The Kier molecular flexibility index (Phi) is 4.16. The van der Waals surface area contributed by atoms with Crippen LogP contribution in [0.25, 0.3) is 0 Å². The van der Waals surface area contributed by atoms with Crippen molar-refractivity contribution in [3.63, 3.8) is 0 Å². The Hall–Kier alpha value is -1.47. The first-order valence-corrected chi connectivity index (χ1v) is 6.59. The van der Waals surface area contributed by atoms with Crippen LogP contribution < -0.4 is 11.1 Å². The van der Waals surface area contributed by atoms with Gasteiger partial charge in [-0.3, -0.25) is 4.79 Å². The first-order chi connectivity index (χ1) is 9.05. The van der Waals surface area contributed by atoms with Crippen LogP contribution in [0.1, 0.15) is 25.0 Å². The molecule has 7 nitrogen and oxygen atoms in total. The lowest BCUT2D eigenvalue weighted by Crippen LogP contribution is -2.57. The number of nitrogens with two attached hydrogens (primary N) is 1. The lowest BCUT2D eigenvalue weighted by Gasteiger charge is -2.47. The maximum Gasteiger partial charge on any atom is 0.241 e. The van der Waals surface area contributed by atoms with Crippen LogP contribution in [-0.4, -0.2) is 52.0 Å². The summed E-state index contributed by atoms with van der Waals surface area (Å²) in [5, 5.41) is 10.7. The number of likely N-dealkylation sites (N-methyl/N-ethyl adjacent to an activating group) is 1. The van der Waals surface area contributed by atoms with Crippen molar-refractivity contribution in [3.8, 4) is 0 Å². The number of nitrogens with one attached hydrogen (secondary N) is 1. The standard InChI is InChI=1S/C12H22N6O/c1-17(2)12(4-3-5-12)9-14-11(19)8-18-7-10(6-13)15-16-18/h7H,3-6,8-9,13H2,1-2H3,(H,14,19). The summed E-state index contributed by atoms with van der Waals surface area (Å²) in [6, 6.07) is 0. The summed E-state index contributed by atoms with van der Waals surface area (Å²) < 4.78 is 1.51. The van der Waals surface area contributed by atoms with Gasteiger partial charge in [-0.25, -0.2) is 4.68 Å². The molecule has 7 heteroatoms. The Balaban J connectivity index is 1.81. The monoisotopic (exact) mass is 266 g/mol. The van der Waals surface area contributed by atoms with Gasteiger partial charge in [0.2, 0.25) is 5.91 Å². The lowest BCUT2D eigenvalue weighted by molar-refractivity contribution is -0.122. The predicted molar refractivity (Wildman–Crippen MR) is 71.2 cm³/mol. The Labute approximate surface area is 113 Å². The van der Waals surface area contributed by atoms with Gasteiger partial charge in [0.1, 0.15) is 6.54 Å². The van der Waals surface area contributed by atoms with Gasteiger partial charge in [0.15, 0.2) is 0 Å². The summed E-state index contributed by atoms with van der Waals surface area (Å²) in [6.45, 7) is 1.22. The van der Waals surface area contributed by atoms with Gasteiger partial charge in [0.25, 0.3) is 0 Å². The molecule has 19 heavy (non-hydrogen) atoms. The highest BCUT2D eigenvalue weighted by Gasteiger charge is 2.39. The third-order valence-electron chi connectivity index (χ3n) is 3.95. The quantitative estimate of drug-likeness (QED) is 0.713. The van der Waals surface area contributed by atoms with E-state index in [1.807, 2.05) is 0 Å². The molecule has 106 valence electrons. The van der Waals surface area contributed by atoms with Crippen molar-refractivity contribution >= 4 is 5.91 Å². The summed E-state index contributed by atoms with van der Waals surface area (Å²) in [5.74, 6) is -0.0402. The van der Waals surface area contributed by atoms with Crippen molar-refractivity contribution in [1.29, 1.82) is 0 Å². The number of aromatic nitrogens is 3. The summed E-state index contributed by atoms with van der Waals surface area (Å²) in [5.41, 5.74) is 6.28. The molecule has 1 aromatic rings. The third-order valence-corrected chi connectivity index (χ3v) is 3.95. The fraction of sp³-hybridized carbons (Fsp3) is 0.750. The van der Waals surface area contributed by atoms with Gasteiger partial charge in [0, 0.05) is 18.6 Å². The second-order valence-corrected chi connectivity index (χ2v) is 5.36. The van der Waals surface area contributed by atoms with E-state index < -0.39 is 0 Å². The molecule has 0 atom stereocenters. The highest BCUT2D eigenvalue weighted by molar-refractivity contribution is 5.75. The number of carbonyl (C=O) groups excluding carboxylic acids is 1. The molecule has 0 aromatic carbocycles. The van der Waals surface area contributed by atoms with Gasteiger partial charge in [-0.05, 0) is 33.4 Å². The number of hydrogen-bond donors (Lipinski definition) is 2. The van der Waals surface area contributed by atoms with E-state index in [9.17, 15) is 4.79 Å². The first-order valence-electron chi connectivity index (χ1n) is 6.59. The Morgan fingerprint density at radius 2 is 2.32 bits per heavy atom. The van der Waals surface area contributed by atoms with E-state index in [-0.39, 0.29) is 18.0 Å². The van der Waals surface area contributed by atoms with E-state index in [1.165, 1.54) is 11.1 Å². The van der Waals surface area contributed by atoms with E-state index in [0.717, 1.165) is 12.8 Å².